The van der Waals surface area contributed by atoms with Gasteiger partial charge in [0.2, 0.25) is 0 Å². The Morgan fingerprint density at radius 2 is 2.24 bits per heavy atom. The molecule has 2 heterocycles. The number of carboxylic acids is 1. The average molecular weight is 312 g/mol. The van der Waals surface area contributed by atoms with Gasteiger partial charge in [0.05, 0.1) is 6.33 Å². The summed E-state index contributed by atoms with van der Waals surface area (Å²) in [6.45, 7) is 0.600. The number of urea groups is 1. The zero-order chi connectivity index (χ0) is 15.1. The molecule has 1 saturated heterocycles. The Morgan fingerprint density at radius 3 is 2.86 bits per heavy atom. The monoisotopic (exact) mass is 312 g/mol. The summed E-state index contributed by atoms with van der Waals surface area (Å²) < 4.78 is 0. The molecule has 0 aromatic carbocycles. The van der Waals surface area contributed by atoms with Gasteiger partial charge in [-0.3, -0.25) is 0 Å². The number of aromatic nitrogens is 2. The number of amides is 2. The van der Waals surface area contributed by atoms with Crippen LogP contribution in [0.4, 0.5) is 4.79 Å². The minimum absolute atomic E-state index is 0.183. The molecule has 1 aromatic heterocycles. The Balaban J connectivity index is 1.76. The Kier molecular flexibility index (Phi) is 5.91. The number of aliphatic carboxylic acids is 1. The molecule has 4 N–H and O–H groups in total. The van der Waals surface area contributed by atoms with E-state index in [1.165, 1.54) is 6.33 Å². The van der Waals surface area contributed by atoms with Gasteiger partial charge >= 0.3 is 12.0 Å². The van der Waals surface area contributed by atoms with Gasteiger partial charge in [-0.2, -0.15) is 11.8 Å². The van der Waals surface area contributed by atoms with Crippen molar-refractivity contribution < 1.29 is 14.7 Å². The Hall–Kier alpha value is -1.70. The maximum Gasteiger partial charge on any atom is 0.326 e. The molecule has 2 rings (SSSR count). The molecule has 1 aliphatic heterocycles. The molecular weight excluding hydrogens is 292 g/mol. The predicted molar refractivity (Wildman–Crippen MR) is 80.3 cm³/mol. The molecule has 0 unspecified atom stereocenters. The van der Waals surface area contributed by atoms with E-state index >= 15 is 0 Å². The fraction of sp³-hybridized carbons (Fsp3) is 0.615. The average Bonchev–Trinajstić information content (AvgIpc) is 2.98. The summed E-state index contributed by atoms with van der Waals surface area (Å²) in [5.74, 6) is 1.69. The first-order valence-corrected chi connectivity index (χ1v) is 8.13. The van der Waals surface area contributed by atoms with E-state index in [9.17, 15) is 9.59 Å². The first kappa shape index (κ1) is 15.7. The fourth-order valence-corrected chi connectivity index (χ4v) is 3.42. The quantitative estimate of drug-likeness (QED) is 0.623. The van der Waals surface area contributed by atoms with E-state index in [0.717, 1.165) is 24.3 Å². The molecule has 0 bridgehead atoms. The van der Waals surface area contributed by atoms with Gasteiger partial charge in [-0.15, -0.1) is 0 Å². The van der Waals surface area contributed by atoms with E-state index in [1.54, 1.807) is 6.20 Å². The molecular formula is C13H20N4O3S. The van der Waals surface area contributed by atoms with Crippen LogP contribution in [0.1, 0.15) is 18.5 Å². The van der Waals surface area contributed by atoms with Crippen LogP contribution in [0.2, 0.25) is 0 Å². The second kappa shape index (κ2) is 7.92. The zero-order valence-corrected chi connectivity index (χ0v) is 12.5. The predicted octanol–water partition coefficient (Wildman–Crippen LogP) is 0.848. The highest BCUT2D eigenvalue weighted by Crippen LogP contribution is 2.21. The number of carboxylic acid groups (broad SMARTS) is 1. The molecule has 2 amide bonds. The van der Waals surface area contributed by atoms with Crippen LogP contribution < -0.4 is 10.6 Å². The molecule has 0 radical (unpaired) electrons. The van der Waals surface area contributed by atoms with Crippen molar-refractivity contribution in [2.24, 2.45) is 5.92 Å². The zero-order valence-electron chi connectivity index (χ0n) is 11.7. The molecule has 1 aromatic rings. The van der Waals surface area contributed by atoms with Gasteiger partial charge in [0.25, 0.3) is 0 Å². The first-order chi connectivity index (χ1) is 10.1. The van der Waals surface area contributed by atoms with E-state index in [-0.39, 0.29) is 6.42 Å². The molecule has 0 spiro atoms. The lowest BCUT2D eigenvalue weighted by molar-refractivity contribution is -0.139. The van der Waals surface area contributed by atoms with Crippen molar-refractivity contribution in [2.45, 2.75) is 25.3 Å². The van der Waals surface area contributed by atoms with Crippen molar-refractivity contribution in [3.8, 4) is 0 Å². The second-order valence-corrected chi connectivity index (χ2v) is 6.31. The number of hydrogen-bond acceptors (Lipinski definition) is 4. The number of rotatable bonds is 6. The van der Waals surface area contributed by atoms with Crippen molar-refractivity contribution >= 4 is 23.8 Å². The van der Waals surface area contributed by atoms with Gasteiger partial charge in [-0.1, -0.05) is 0 Å². The molecule has 1 aliphatic rings. The molecule has 7 nitrogen and oxygen atoms in total. The van der Waals surface area contributed by atoms with Gasteiger partial charge < -0.3 is 20.7 Å². The SMILES string of the molecule is O=C(NCC1CCSCC1)N[C@@H](Cc1cnc[nH]1)C(=O)O. The molecule has 8 heteroatoms. The van der Waals surface area contributed by atoms with Crippen LogP contribution in [0.3, 0.4) is 0 Å². The van der Waals surface area contributed by atoms with Crippen molar-refractivity contribution in [2.75, 3.05) is 18.1 Å². The third-order valence-corrected chi connectivity index (χ3v) is 4.52. The number of hydrogen-bond donors (Lipinski definition) is 4. The highest BCUT2D eigenvalue weighted by molar-refractivity contribution is 7.99. The molecule has 0 aliphatic carbocycles. The highest BCUT2D eigenvalue weighted by atomic mass is 32.2. The van der Waals surface area contributed by atoms with Gasteiger partial charge in [0.1, 0.15) is 6.04 Å². The topological polar surface area (TPSA) is 107 Å². The minimum Gasteiger partial charge on any atom is -0.480 e. The van der Waals surface area contributed by atoms with Crippen LogP contribution in [0.5, 0.6) is 0 Å². The van der Waals surface area contributed by atoms with Crippen LogP contribution in [-0.4, -0.2) is 51.2 Å². The lowest BCUT2D eigenvalue weighted by atomic mass is 10.0. The lowest BCUT2D eigenvalue weighted by Crippen LogP contribution is -2.48. The number of carbonyl (C=O) groups is 2. The third kappa shape index (κ3) is 5.30. The normalized spacial score (nSPS) is 17.1. The Bertz CT molecular complexity index is 460. The maximum absolute atomic E-state index is 11.8. The van der Waals surface area contributed by atoms with E-state index in [1.807, 2.05) is 11.8 Å². The second-order valence-electron chi connectivity index (χ2n) is 5.08. The summed E-state index contributed by atoms with van der Waals surface area (Å²) in [6, 6.07) is -1.40. The van der Waals surface area contributed by atoms with Crippen LogP contribution in [0, 0.1) is 5.92 Å². The van der Waals surface area contributed by atoms with Crippen molar-refractivity contribution in [3.63, 3.8) is 0 Å². The number of carbonyl (C=O) groups excluding carboxylic acids is 1. The smallest absolute Gasteiger partial charge is 0.326 e. The number of nitrogens with one attached hydrogen (secondary N) is 3. The summed E-state index contributed by atoms with van der Waals surface area (Å²) in [7, 11) is 0. The minimum atomic E-state index is -1.06. The summed E-state index contributed by atoms with van der Waals surface area (Å²) >= 11 is 1.93. The van der Waals surface area contributed by atoms with E-state index in [4.69, 9.17) is 5.11 Å². The van der Waals surface area contributed by atoms with Crippen LogP contribution in [0.25, 0.3) is 0 Å². The van der Waals surface area contributed by atoms with Crippen LogP contribution in [0.15, 0.2) is 12.5 Å². The molecule has 1 fully saturated rings. The fourth-order valence-electron chi connectivity index (χ4n) is 2.21. The molecule has 21 heavy (non-hydrogen) atoms. The standard InChI is InChI=1S/C13H20N4O3S/c18-12(19)11(5-10-7-14-8-16-10)17-13(20)15-6-9-1-3-21-4-2-9/h7-9,11H,1-6H2,(H,14,16)(H,18,19)(H2,15,17,20)/t11-/m0/s1. The maximum atomic E-state index is 11.8. The summed E-state index contributed by atoms with van der Waals surface area (Å²) in [6.07, 6.45) is 5.41. The summed E-state index contributed by atoms with van der Waals surface area (Å²) in [5.41, 5.74) is 0.673. The van der Waals surface area contributed by atoms with Gasteiger partial charge in [-0.25, -0.2) is 14.6 Å². The summed E-state index contributed by atoms with van der Waals surface area (Å²) in [4.78, 5) is 29.7. The largest absolute Gasteiger partial charge is 0.480 e. The Labute approximate surface area is 127 Å². The van der Waals surface area contributed by atoms with Crippen LogP contribution in [-0.2, 0) is 11.2 Å². The van der Waals surface area contributed by atoms with Crippen LogP contribution >= 0.6 is 11.8 Å². The summed E-state index contributed by atoms with van der Waals surface area (Å²) in [5, 5.41) is 14.4. The number of thioether (sulfide) groups is 1. The lowest BCUT2D eigenvalue weighted by Gasteiger charge is -2.22. The Morgan fingerprint density at radius 1 is 1.48 bits per heavy atom. The number of imidazole rings is 1. The number of aromatic amines is 1. The van der Waals surface area contributed by atoms with Crippen molar-refractivity contribution in [3.05, 3.63) is 18.2 Å². The van der Waals surface area contributed by atoms with Gasteiger partial charge in [-0.05, 0) is 30.3 Å². The molecule has 0 saturated carbocycles. The third-order valence-electron chi connectivity index (χ3n) is 3.47. The molecule has 1 atom stereocenters. The highest BCUT2D eigenvalue weighted by Gasteiger charge is 2.21. The number of nitrogens with zero attached hydrogens (tertiary/aromatic N) is 1. The number of H-pyrrole nitrogens is 1. The van der Waals surface area contributed by atoms with E-state index < -0.39 is 18.0 Å². The van der Waals surface area contributed by atoms with Crippen molar-refractivity contribution in [1.82, 2.24) is 20.6 Å². The van der Waals surface area contributed by atoms with E-state index in [0.29, 0.717) is 18.2 Å². The van der Waals surface area contributed by atoms with Gasteiger partial charge in [0.15, 0.2) is 0 Å². The van der Waals surface area contributed by atoms with E-state index in [2.05, 4.69) is 20.6 Å². The molecule has 116 valence electrons. The van der Waals surface area contributed by atoms with Crippen molar-refractivity contribution in [1.29, 1.82) is 0 Å². The van der Waals surface area contributed by atoms with Gasteiger partial charge in [0, 0.05) is 24.9 Å². The first-order valence-electron chi connectivity index (χ1n) is 6.97.